The zero-order valence-electron chi connectivity index (χ0n) is 8.88. The summed E-state index contributed by atoms with van der Waals surface area (Å²) >= 11 is -0.995. The first-order valence-corrected chi connectivity index (χ1v) is 8.06. The minimum absolute atomic E-state index is 0.343. The summed E-state index contributed by atoms with van der Waals surface area (Å²) in [5, 5.41) is 0. The first kappa shape index (κ1) is 10.3. The van der Waals surface area contributed by atoms with E-state index in [1.165, 1.54) is 9.79 Å². The van der Waals surface area contributed by atoms with E-state index in [-0.39, 0.29) is 10.9 Å². The molecule has 0 radical (unpaired) electrons. The van der Waals surface area contributed by atoms with E-state index in [0.717, 1.165) is 9.79 Å². The Balaban J connectivity index is 2.26. The van der Waals surface area contributed by atoms with Gasteiger partial charge < -0.3 is 4.55 Å². The maximum Gasteiger partial charge on any atom is 0.170 e. The largest absolute Gasteiger partial charge is 0.606 e. The second-order valence-electron chi connectivity index (χ2n) is 3.76. The molecule has 3 heteroatoms. The van der Waals surface area contributed by atoms with E-state index >= 15 is 0 Å². The van der Waals surface area contributed by atoms with Gasteiger partial charge in [-0.3, -0.25) is 0 Å². The van der Waals surface area contributed by atoms with Crippen molar-refractivity contribution in [1.82, 2.24) is 0 Å². The molecule has 3 rings (SSSR count). The molecule has 0 amide bonds. The van der Waals surface area contributed by atoms with E-state index in [9.17, 15) is 4.55 Å². The Morgan fingerprint density at radius 2 is 1.31 bits per heavy atom. The zero-order chi connectivity index (χ0) is 11.1. The molecule has 0 aliphatic carbocycles. The van der Waals surface area contributed by atoms with Crippen LogP contribution in [-0.4, -0.2) is 10.8 Å². The Bertz CT molecular complexity index is 443. The summed E-state index contributed by atoms with van der Waals surface area (Å²) < 4.78 is 12.4. The summed E-state index contributed by atoms with van der Waals surface area (Å²) in [6.07, 6.45) is 2.24. The van der Waals surface area contributed by atoms with Crippen molar-refractivity contribution in [2.24, 2.45) is 0 Å². The second-order valence-corrected chi connectivity index (χ2v) is 7.26. The van der Waals surface area contributed by atoms with Crippen molar-refractivity contribution >= 4 is 22.1 Å². The molecule has 0 N–H and O–H groups in total. The van der Waals surface area contributed by atoms with Crippen LogP contribution in [0.25, 0.3) is 0 Å². The van der Waals surface area contributed by atoms with Gasteiger partial charge in [0.2, 0.25) is 0 Å². The smallest absolute Gasteiger partial charge is 0.170 e. The van der Waals surface area contributed by atoms with Gasteiger partial charge in [-0.05, 0) is 30.5 Å². The predicted octanol–water partition coefficient (Wildman–Crippen LogP) is 3.22. The zero-order valence-corrected chi connectivity index (χ0v) is 10.6. The number of rotatable bonds is 0. The van der Waals surface area contributed by atoms with Gasteiger partial charge in [0.25, 0.3) is 0 Å². The van der Waals surface area contributed by atoms with E-state index < -0.39 is 11.2 Å². The highest BCUT2D eigenvalue weighted by molar-refractivity contribution is 8.17. The van der Waals surface area contributed by atoms with Gasteiger partial charge in [-0.25, -0.2) is 0 Å². The molecule has 0 saturated heterocycles. The number of hydrogen-bond donors (Lipinski definition) is 1. The average molecular weight is 248 g/mol. The van der Waals surface area contributed by atoms with E-state index in [1.54, 1.807) is 0 Å². The number of thiol groups is 1. The molecule has 0 aromatic heterocycles. The normalized spacial score (nSPS) is 24.6. The van der Waals surface area contributed by atoms with E-state index in [1.807, 2.05) is 36.4 Å². The predicted molar refractivity (Wildman–Crippen MR) is 69.0 cm³/mol. The van der Waals surface area contributed by atoms with Crippen LogP contribution < -0.4 is 0 Å². The molecule has 82 valence electrons. The van der Waals surface area contributed by atoms with Gasteiger partial charge in [0.1, 0.15) is 0 Å². The maximum absolute atomic E-state index is 12.4. The Kier molecular flexibility index (Phi) is 2.46. The van der Waals surface area contributed by atoms with Gasteiger partial charge in [-0.1, -0.05) is 24.3 Å². The van der Waals surface area contributed by atoms with Crippen molar-refractivity contribution in [3.63, 3.8) is 0 Å². The molecule has 16 heavy (non-hydrogen) atoms. The van der Waals surface area contributed by atoms with E-state index in [4.69, 9.17) is 0 Å². The van der Waals surface area contributed by atoms with Gasteiger partial charge in [0.15, 0.2) is 9.79 Å². The van der Waals surface area contributed by atoms with Crippen LogP contribution in [0.15, 0.2) is 68.1 Å². The lowest BCUT2D eigenvalue weighted by Crippen LogP contribution is -2.11. The third-order valence-electron chi connectivity index (χ3n) is 2.85. The van der Waals surface area contributed by atoms with Gasteiger partial charge in [0, 0.05) is 21.0 Å². The first-order chi connectivity index (χ1) is 7.79. The molecule has 1 aliphatic heterocycles. The van der Waals surface area contributed by atoms with Gasteiger partial charge in [0.05, 0.1) is 0 Å². The van der Waals surface area contributed by atoms with Crippen molar-refractivity contribution in [3.8, 4) is 0 Å². The molecule has 0 unspecified atom stereocenters. The Morgan fingerprint density at radius 3 is 1.81 bits per heavy atom. The van der Waals surface area contributed by atoms with Gasteiger partial charge >= 0.3 is 0 Å². The topological polar surface area (TPSA) is 23.1 Å². The molecule has 0 fully saturated rings. The van der Waals surface area contributed by atoms with Crippen LogP contribution in [0.2, 0.25) is 0 Å². The van der Waals surface area contributed by atoms with Crippen molar-refractivity contribution in [3.05, 3.63) is 48.5 Å². The highest BCUT2D eigenvalue weighted by Crippen LogP contribution is 2.52. The summed E-state index contributed by atoms with van der Waals surface area (Å²) in [4.78, 5) is 4.51. The number of benzene rings is 2. The Hall–Kier alpha value is -0.900. The third kappa shape index (κ3) is 1.39. The fourth-order valence-electron chi connectivity index (χ4n) is 2.03. The van der Waals surface area contributed by atoms with Crippen LogP contribution in [0.1, 0.15) is 0 Å². The van der Waals surface area contributed by atoms with Crippen LogP contribution in [-0.2, 0) is 11.2 Å². The van der Waals surface area contributed by atoms with E-state index in [0.29, 0.717) is 0 Å². The summed E-state index contributed by atoms with van der Waals surface area (Å²) in [5.41, 5.74) is 0. The molecule has 1 heterocycles. The molecule has 0 atom stereocenters. The first-order valence-electron chi connectivity index (χ1n) is 5.12. The maximum atomic E-state index is 12.4. The van der Waals surface area contributed by atoms with Crippen LogP contribution in [0.5, 0.6) is 0 Å². The van der Waals surface area contributed by atoms with Gasteiger partial charge in [-0.15, -0.1) is 0 Å². The van der Waals surface area contributed by atoms with E-state index in [2.05, 4.69) is 18.4 Å². The van der Waals surface area contributed by atoms with Crippen molar-refractivity contribution in [1.29, 1.82) is 0 Å². The van der Waals surface area contributed by atoms with Crippen LogP contribution >= 0.6 is 10.9 Å². The second kappa shape index (κ2) is 3.84. The molecule has 1 aliphatic rings. The molecule has 0 saturated carbocycles. The lowest BCUT2D eigenvalue weighted by atomic mass is 10.3. The van der Waals surface area contributed by atoms with Crippen molar-refractivity contribution < 1.29 is 4.55 Å². The van der Waals surface area contributed by atoms with Crippen LogP contribution in [0, 0.1) is 0 Å². The minimum atomic E-state index is -0.995. The standard InChI is InChI=1S/C13H12OS2/c1-15-10-6-2-4-8-12(10)16(14)13-9-5-3-7-11(13)15/h2-9,15H,1H3. The summed E-state index contributed by atoms with van der Waals surface area (Å²) in [5.74, 6) is 0. The van der Waals surface area contributed by atoms with Gasteiger partial charge in [-0.2, -0.15) is 10.9 Å². The Labute approximate surface area is 101 Å². The molecular weight excluding hydrogens is 236 g/mol. The monoisotopic (exact) mass is 248 g/mol. The summed E-state index contributed by atoms with van der Waals surface area (Å²) in [7, 11) is -0.343. The minimum Gasteiger partial charge on any atom is -0.606 e. The SMILES string of the molecule is C[SH]1c2ccccc2[S+]([O-])c2ccccc21. The number of fused-ring (bicyclic) bond motifs is 2. The fraction of sp³-hybridized carbons (Fsp3) is 0.0769. The highest BCUT2D eigenvalue weighted by Gasteiger charge is 2.30. The quantitative estimate of drug-likeness (QED) is 0.561. The lowest BCUT2D eigenvalue weighted by Gasteiger charge is -2.28. The molecule has 2 aromatic rings. The lowest BCUT2D eigenvalue weighted by molar-refractivity contribution is 0.589. The summed E-state index contributed by atoms with van der Waals surface area (Å²) in [6, 6.07) is 16.2. The van der Waals surface area contributed by atoms with Crippen LogP contribution in [0.4, 0.5) is 0 Å². The fourth-order valence-corrected chi connectivity index (χ4v) is 6.20. The van der Waals surface area contributed by atoms with Crippen molar-refractivity contribution in [2.75, 3.05) is 6.26 Å². The molecular formula is C13H12OS2. The average Bonchev–Trinajstić information content (AvgIpc) is 2.36. The highest BCUT2D eigenvalue weighted by atomic mass is 32.2. The number of hydrogen-bond acceptors (Lipinski definition) is 1. The molecule has 0 bridgehead atoms. The van der Waals surface area contributed by atoms with Crippen LogP contribution in [0.3, 0.4) is 0 Å². The molecule has 1 nitrogen and oxygen atoms in total. The third-order valence-corrected chi connectivity index (χ3v) is 6.89. The molecule has 0 spiro atoms. The van der Waals surface area contributed by atoms with Crippen molar-refractivity contribution in [2.45, 2.75) is 19.6 Å². The Morgan fingerprint density at radius 1 is 0.875 bits per heavy atom. The molecule has 2 aromatic carbocycles. The summed E-state index contributed by atoms with van der Waals surface area (Å²) in [6.45, 7) is 0.